The van der Waals surface area contributed by atoms with Gasteiger partial charge in [-0.15, -0.1) is 11.6 Å². The lowest BCUT2D eigenvalue weighted by atomic mass is 10.3. The van der Waals surface area contributed by atoms with Gasteiger partial charge in [0.05, 0.1) is 17.6 Å². The molecule has 0 bridgehead atoms. The Morgan fingerprint density at radius 1 is 1.40 bits per heavy atom. The number of aromatic nitrogens is 2. The van der Waals surface area contributed by atoms with Crippen molar-refractivity contribution in [3.05, 3.63) is 27.6 Å². The molecule has 0 aliphatic carbocycles. The minimum Gasteiger partial charge on any atom is -0.374 e. The van der Waals surface area contributed by atoms with Crippen LogP contribution in [0.5, 0.6) is 0 Å². The van der Waals surface area contributed by atoms with Gasteiger partial charge in [-0.1, -0.05) is 0 Å². The van der Waals surface area contributed by atoms with E-state index in [-0.39, 0.29) is 6.61 Å². The molecule has 0 radical (unpaired) electrons. The van der Waals surface area contributed by atoms with Gasteiger partial charge in [0, 0.05) is 22.4 Å². The van der Waals surface area contributed by atoms with Gasteiger partial charge in [0.2, 0.25) is 0 Å². The number of nitrogens with zero attached hydrogens (tertiary/aromatic N) is 2. The van der Waals surface area contributed by atoms with Gasteiger partial charge in [-0.2, -0.15) is 0 Å². The molecular formula is C13H14ClF2IN2O. The predicted octanol–water partition coefficient (Wildman–Crippen LogP) is 3.70. The van der Waals surface area contributed by atoms with Crippen LogP contribution in [-0.2, 0) is 17.7 Å². The van der Waals surface area contributed by atoms with Crippen molar-refractivity contribution in [3.63, 3.8) is 0 Å². The molecule has 0 spiro atoms. The van der Waals surface area contributed by atoms with Crippen molar-refractivity contribution in [3.8, 4) is 0 Å². The van der Waals surface area contributed by atoms with Gasteiger partial charge in [0.15, 0.2) is 0 Å². The van der Waals surface area contributed by atoms with Gasteiger partial charge in [0.1, 0.15) is 12.4 Å². The molecule has 2 aromatic rings. The summed E-state index contributed by atoms with van der Waals surface area (Å²) in [7, 11) is 0. The molecule has 1 aromatic carbocycles. The van der Waals surface area contributed by atoms with Crippen molar-refractivity contribution in [2.24, 2.45) is 0 Å². The Labute approximate surface area is 134 Å². The second-order valence-corrected chi connectivity index (χ2v) is 5.84. The highest BCUT2D eigenvalue weighted by Gasteiger charge is 2.11. The summed E-state index contributed by atoms with van der Waals surface area (Å²) in [5.41, 5.74) is 1.87. The van der Waals surface area contributed by atoms with E-state index in [1.54, 1.807) is 0 Å². The smallest absolute Gasteiger partial charge is 0.261 e. The fourth-order valence-electron chi connectivity index (χ4n) is 2.01. The molecule has 20 heavy (non-hydrogen) atoms. The minimum atomic E-state index is -2.43. The molecule has 0 unspecified atom stereocenters. The number of ether oxygens (including phenoxy) is 1. The molecule has 2 rings (SSSR count). The molecular weight excluding hydrogens is 401 g/mol. The number of hydrogen-bond donors (Lipinski definition) is 0. The van der Waals surface area contributed by atoms with Crippen LogP contribution in [0.4, 0.5) is 8.78 Å². The second kappa shape index (κ2) is 7.51. The first-order valence-corrected chi connectivity index (χ1v) is 7.79. The molecule has 0 aliphatic rings. The summed E-state index contributed by atoms with van der Waals surface area (Å²) < 4.78 is 32.1. The number of fused-ring (bicyclic) bond motifs is 1. The number of aryl methyl sites for hydroxylation is 1. The summed E-state index contributed by atoms with van der Waals surface area (Å²) in [5.74, 6) is 1.33. The lowest BCUT2D eigenvalue weighted by molar-refractivity contribution is 0.0148. The zero-order valence-electron chi connectivity index (χ0n) is 10.7. The summed E-state index contributed by atoms with van der Waals surface area (Å²) in [6.07, 6.45) is -1.79. The van der Waals surface area contributed by atoms with Crippen LogP contribution in [0.2, 0.25) is 0 Å². The quantitative estimate of drug-likeness (QED) is 0.392. The SMILES string of the molecule is FC(F)COCCn1c(CCCl)nc2cc(I)ccc21. The zero-order chi connectivity index (χ0) is 14.5. The highest BCUT2D eigenvalue weighted by Crippen LogP contribution is 2.19. The van der Waals surface area contributed by atoms with Gasteiger partial charge in [-0.25, -0.2) is 13.8 Å². The highest BCUT2D eigenvalue weighted by atomic mass is 127. The molecule has 7 heteroatoms. The van der Waals surface area contributed by atoms with Crippen molar-refractivity contribution < 1.29 is 13.5 Å². The highest BCUT2D eigenvalue weighted by molar-refractivity contribution is 14.1. The number of imidazole rings is 1. The number of alkyl halides is 3. The van der Waals surface area contributed by atoms with Crippen molar-refractivity contribution in [1.82, 2.24) is 9.55 Å². The van der Waals surface area contributed by atoms with Crippen LogP contribution in [-0.4, -0.2) is 35.1 Å². The first-order chi connectivity index (χ1) is 9.61. The van der Waals surface area contributed by atoms with Crippen molar-refractivity contribution in [1.29, 1.82) is 0 Å². The molecule has 0 amide bonds. The van der Waals surface area contributed by atoms with Crippen LogP contribution in [0, 0.1) is 3.57 Å². The maximum atomic E-state index is 12.0. The van der Waals surface area contributed by atoms with Crippen LogP contribution in [0.25, 0.3) is 11.0 Å². The monoisotopic (exact) mass is 414 g/mol. The van der Waals surface area contributed by atoms with E-state index in [9.17, 15) is 8.78 Å². The molecule has 0 N–H and O–H groups in total. The Hall–Kier alpha value is -0.470. The molecule has 1 aromatic heterocycles. The number of hydrogen-bond acceptors (Lipinski definition) is 2. The van der Waals surface area contributed by atoms with Gasteiger partial charge < -0.3 is 9.30 Å². The second-order valence-electron chi connectivity index (χ2n) is 4.22. The number of halogens is 4. The number of rotatable bonds is 7. The molecule has 0 atom stereocenters. The molecule has 0 saturated heterocycles. The van der Waals surface area contributed by atoms with E-state index in [1.807, 2.05) is 22.8 Å². The number of benzene rings is 1. The van der Waals surface area contributed by atoms with Crippen molar-refractivity contribution >= 4 is 45.2 Å². The topological polar surface area (TPSA) is 27.1 Å². The van der Waals surface area contributed by atoms with Crippen LogP contribution in [0.1, 0.15) is 5.82 Å². The van der Waals surface area contributed by atoms with Gasteiger partial charge in [-0.3, -0.25) is 0 Å². The van der Waals surface area contributed by atoms with Gasteiger partial charge in [0.25, 0.3) is 6.43 Å². The fourth-order valence-corrected chi connectivity index (χ4v) is 2.65. The van der Waals surface area contributed by atoms with E-state index in [2.05, 4.69) is 27.6 Å². The third kappa shape index (κ3) is 4.02. The van der Waals surface area contributed by atoms with Crippen molar-refractivity contribution in [2.75, 3.05) is 19.1 Å². The Kier molecular flexibility index (Phi) is 5.98. The Balaban J connectivity index is 2.17. The lowest BCUT2D eigenvalue weighted by Gasteiger charge is -2.09. The first kappa shape index (κ1) is 15.9. The molecule has 3 nitrogen and oxygen atoms in total. The van der Waals surface area contributed by atoms with Gasteiger partial charge >= 0.3 is 0 Å². The maximum absolute atomic E-state index is 12.0. The molecule has 0 fully saturated rings. The average Bonchev–Trinajstić information content (AvgIpc) is 2.72. The van der Waals surface area contributed by atoms with Crippen LogP contribution >= 0.6 is 34.2 Å². The largest absolute Gasteiger partial charge is 0.374 e. The first-order valence-electron chi connectivity index (χ1n) is 6.18. The zero-order valence-corrected chi connectivity index (χ0v) is 13.6. The third-order valence-electron chi connectivity index (χ3n) is 2.81. The van der Waals surface area contributed by atoms with Crippen molar-refractivity contribution in [2.45, 2.75) is 19.4 Å². The van der Waals surface area contributed by atoms with Crippen LogP contribution in [0.15, 0.2) is 18.2 Å². The van der Waals surface area contributed by atoms with E-state index in [4.69, 9.17) is 16.3 Å². The molecule has 0 saturated carbocycles. The lowest BCUT2D eigenvalue weighted by Crippen LogP contribution is -2.13. The maximum Gasteiger partial charge on any atom is 0.261 e. The summed E-state index contributed by atoms with van der Waals surface area (Å²) in [6, 6.07) is 5.96. The Bertz CT molecular complexity index is 577. The molecule has 0 aliphatic heterocycles. The molecule has 110 valence electrons. The third-order valence-corrected chi connectivity index (χ3v) is 3.67. The van der Waals surface area contributed by atoms with E-state index in [0.29, 0.717) is 18.8 Å². The van der Waals surface area contributed by atoms with Crippen LogP contribution in [0.3, 0.4) is 0 Å². The van der Waals surface area contributed by atoms with E-state index < -0.39 is 13.0 Å². The fraction of sp³-hybridized carbons (Fsp3) is 0.462. The van der Waals surface area contributed by atoms with E-state index in [1.165, 1.54) is 0 Å². The van der Waals surface area contributed by atoms with Gasteiger partial charge in [-0.05, 0) is 40.8 Å². The standard InChI is InChI=1S/C13H14ClF2IN2O/c14-4-3-13-18-10-7-9(17)1-2-11(10)19(13)5-6-20-8-12(15)16/h1-2,7,12H,3-6,8H2. The average molecular weight is 415 g/mol. The van der Waals surface area contributed by atoms with Crippen LogP contribution < -0.4 is 0 Å². The van der Waals surface area contributed by atoms with E-state index >= 15 is 0 Å². The Morgan fingerprint density at radius 2 is 2.20 bits per heavy atom. The minimum absolute atomic E-state index is 0.233. The summed E-state index contributed by atoms with van der Waals surface area (Å²) >= 11 is 8.01. The molecule has 1 heterocycles. The Morgan fingerprint density at radius 3 is 2.90 bits per heavy atom. The van der Waals surface area contributed by atoms with E-state index in [0.717, 1.165) is 20.4 Å². The normalized spacial score (nSPS) is 11.7. The predicted molar refractivity (Wildman–Crippen MR) is 83.7 cm³/mol. The summed E-state index contributed by atoms with van der Waals surface area (Å²) in [5, 5.41) is 0. The summed E-state index contributed by atoms with van der Waals surface area (Å²) in [4.78, 5) is 4.55. The summed E-state index contributed by atoms with van der Waals surface area (Å²) in [6.45, 7) is 0.197.